The molecule has 0 amide bonds. The molecule has 1 nitrogen and oxygen atoms in total. The molecule has 1 heteroatoms. The number of benzene rings is 10. The third-order valence-corrected chi connectivity index (χ3v) is 10.8. The van der Waals surface area contributed by atoms with Gasteiger partial charge in [-0.15, -0.1) is 0 Å². The maximum Gasteiger partial charge on any atom is 0.0467 e. The number of para-hydroxylation sites is 1. The number of rotatable bonds is 7. The Bertz CT molecular complexity index is 2960. The van der Waals surface area contributed by atoms with Gasteiger partial charge >= 0.3 is 0 Å². The third-order valence-electron chi connectivity index (χ3n) is 10.8. The normalized spacial score (nSPS) is 11.3. The molecule has 258 valence electrons. The summed E-state index contributed by atoms with van der Waals surface area (Å²) in [5.74, 6) is 0. The van der Waals surface area contributed by atoms with Crippen LogP contribution >= 0.6 is 0 Å². The molecule has 0 unspecified atom stereocenters. The monoisotopic (exact) mass is 699 g/mol. The highest BCUT2D eigenvalue weighted by molar-refractivity contribution is 6.20. The van der Waals surface area contributed by atoms with Crippen molar-refractivity contribution in [1.29, 1.82) is 0 Å². The Hall–Kier alpha value is -7.22. The van der Waals surface area contributed by atoms with E-state index in [9.17, 15) is 0 Å². The van der Waals surface area contributed by atoms with Crippen LogP contribution in [0.2, 0.25) is 0 Å². The Kier molecular flexibility index (Phi) is 8.24. The fraction of sp³-hybridized carbons (Fsp3) is 0. The molecular formula is C54H37N. The van der Waals surface area contributed by atoms with Crippen molar-refractivity contribution in [2.75, 3.05) is 4.90 Å². The second kappa shape index (κ2) is 14.0. The van der Waals surface area contributed by atoms with Gasteiger partial charge in [0.25, 0.3) is 0 Å². The molecule has 0 radical (unpaired) electrons. The fourth-order valence-corrected chi connectivity index (χ4v) is 8.13. The number of fused-ring (bicyclic) bond motifs is 5. The van der Waals surface area contributed by atoms with Gasteiger partial charge in [0, 0.05) is 17.1 Å². The van der Waals surface area contributed by atoms with Crippen molar-refractivity contribution >= 4 is 49.4 Å². The van der Waals surface area contributed by atoms with Gasteiger partial charge in [0.15, 0.2) is 0 Å². The van der Waals surface area contributed by atoms with Crippen LogP contribution < -0.4 is 4.90 Å². The lowest BCUT2D eigenvalue weighted by molar-refractivity contribution is 1.28. The predicted molar refractivity (Wildman–Crippen MR) is 235 cm³/mol. The summed E-state index contributed by atoms with van der Waals surface area (Å²) in [6, 6.07) is 81.4. The van der Waals surface area contributed by atoms with E-state index >= 15 is 0 Å². The molecule has 10 rings (SSSR count). The second-order valence-corrected chi connectivity index (χ2v) is 14.1. The Morgan fingerprint density at radius 2 is 0.673 bits per heavy atom. The van der Waals surface area contributed by atoms with E-state index in [4.69, 9.17) is 0 Å². The average Bonchev–Trinajstić information content (AvgIpc) is 3.27. The van der Waals surface area contributed by atoms with E-state index < -0.39 is 0 Å². The molecule has 0 N–H and O–H groups in total. The molecule has 55 heavy (non-hydrogen) atoms. The fourth-order valence-electron chi connectivity index (χ4n) is 8.13. The van der Waals surface area contributed by atoms with Crippen molar-refractivity contribution in [1.82, 2.24) is 0 Å². The molecule has 10 aromatic rings. The van der Waals surface area contributed by atoms with Crippen LogP contribution in [0.15, 0.2) is 224 Å². The number of hydrogen-bond acceptors (Lipinski definition) is 1. The molecule has 10 aromatic carbocycles. The molecular weight excluding hydrogens is 663 g/mol. The van der Waals surface area contributed by atoms with Gasteiger partial charge in [-0.3, -0.25) is 0 Å². The van der Waals surface area contributed by atoms with E-state index in [1.165, 1.54) is 76.8 Å². The van der Waals surface area contributed by atoms with Crippen molar-refractivity contribution < 1.29 is 0 Å². The topological polar surface area (TPSA) is 3.24 Å². The van der Waals surface area contributed by atoms with Crippen molar-refractivity contribution in [3.8, 4) is 44.5 Å². The molecule has 0 aromatic heterocycles. The minimum atomic E-state index is 1.10. The largest absolute Gasteiger partial charge is 0.310 e. The van der Waals surface area contributed by atoms with Crippen LogP contribution in [-0.2, 0) is 0 Å². The summed E-state index contributed by atoms with van der Waals surface area (Å²) >= 11 is 0. The zero-order valence-electron chi connectivity index (χ0n) is 30.3. The van der Waals surface area contributed by atoms with Gasteiger partial charge in [0.1, 0.15) is 0 Å². The Labute approximate surface area is 322 Å². The summed E-state index contributed by atoms with van der Waals surface area (Å²) in [5.41, 5.74) is 12.9. The van der Waals surface area contributed by atoms with Crippen molar-refractivity contribution in [3.63, 3.8) is 0 Å². The zero-order valence-corrected chi connectivity index (χ0v) is 30.3. The van der Waals surface area contributed by atoms with E-state index in [1.807, 2.05) is 0 Å². The van der Waals surface area contributed by atoms with Crippen molar-refractivity contribution in [2.45, 2.75) is 0 Å². The Balaban J connectivity index is 1.06. The zero-order chi connectivity index (χ0) is 36.6. The van der Waals surface area contributed by atoms with E-state index in [1.54, 1.807) is 0 Å². The molecule has 0 bridgehead atoms. The molecule has 0 fully saturated rings. The molecule has 0 atom stereocenters. The smallest absolute Gasteiger partial charge is 0.0467 e. The van der Waals surface area contributed by atoms with Crippen LogP contribution in [0.4, 0.5) is 17.1 Å². The molecule has 0 saturated carbocycles. The van der Waals surface area contributed by atoms with Crippen LogP contribution in [-0.4, -0.2) is 0 Å². The highest BCUT2D eigenvalue weighted by Gasteiger charge is 2.16. The van der Waals surface area contributed by atoms with Crippen LogP contribution in [0.1, 0.15) is 0 Å². The molecule has 0 aliphatic rings. The van der Waals surface area contributed by atoms with E-state index in [0.717, 1.165) is 17.1 Å². The lowest BCUT2D eigenvalue weighted by atomic mass is 9.91. The summed E-state index contributed by atoms with van der Waals surface area (Å²) in [6.45, 7) is 0. The molecule has 0 aliphatic carbocycles. The van der Waals surface area contributed by atoms with Gasteiger partial charge in [-0.2, -0.15) is 0 Å². The van der Waals surface area contributed by atoms with E-state index in [0.29, 0.717) is 0 Å². The van der Waals surface area contributed by atoms with E-state index in [-0.39, 0.29) is 0 Å². The molecule has 0 spiro atoms. The lowest BCUT2D eigenvalue weighted by Gasteiger charge is -2.26. The van der Waals surface area contributed by atoms with Gasteiger partial charge in [-0.25, -0.2) is 0 Å². The average molecular weight is 700 g/mol. The summed E-state index contributed by atoms with van der Waals surface area (Å²) in [6.07, 6.45) is 0. The van der Waals surface area contributed by atoms with Crippen molar-refractivity contribution in [3.05, 3.63) is 224 Å². The molecule has 0 heterocycles. The van der Waals surface area contributed by atoms with Gasteiger partial charge in [0.2, 0.25) is 0 Å². The maximum absolute atomic E-state index is 2.39. The number of anilines is 3. The van der Waals surface area contributed by atoms with Crippen LogP contribution in [0, 0.1) is 0 Å². The summed E-state index contributed by atoms with van der Waals surface area (Å²) in [4.78, 5) is 2.36. The first kappa shape index (κ1) is 32.4. The Morgan fingerprint density at radius 3 is 1.38 bits per heavy atom. The van der Waals surface area contributed by atoms with Gasteiger partial charge in [-0.05, 0) is 119 Å². The SMILES string of the molecule is c1ccc(-c2ccc(-c3cccc(N(c4ccccc4)c4cccc(-c5ccccc5-c5ccc6ccc7ccc8ccccc8c7c6c5)c4)c3)cc2)cc1. The maximum atomic E-state index is 2.39. The van der Waals surface area contributed by atoms with Crippen LogP contribution in [0.3, 0.4) is 0 Å². The molecule has 0 saturated heterocycles. The van der Waals surface area contributed by atoms with Crippen LogP contribution in [0.5, 0.6) is 0 Å². The quantitative estimate of drug-likeness (QED) is 0.150. The third kappa shape index (κ3) is 6.12. The lowest BCUT2D eigenvalue weighted by Crippen LogP contribution is -2.10. The highest BCUT2D eigenvalue weighted by atomic mass is 15.1. The number of nitrogens with zero attached hydrogens (tertiary/aromatic N) is 1. The molecule has 0 aliphatic heterocycles. The highest BCUT2D eigenvalue weighted by Crippen LogP contribution is 2.41. The minimum absolute atomic E-state index is 1.10. The van der Waals surface area contributed by atoms with Gasteiger partial charge < -0.3 is 4.90 Å². The number of hydrogen-bond donors (Lipinski definition) is 0. The first-order chi connectivity index (χ1) is 27.3. The summed E-state index contributed by atoms with van der Waals surface area (Å²) < 4.78 is 0. The van der Waals surface area contributed by atoms with Crippen molar-refractivity contribution in [2.24, 2.45) is 0 Å². The van der Waals surface area contributed by atoms with Gasteiger partial charge in [-0.1, -0.05) is 182 Å². The Morgan fingerprint density at radius 1 is 0.236 bits per heavy atom. The van der Waals surface area contributed by atoms with Gasteiger partial charge in [0.05, 0.1) is 0 Å². The standard InChI is InChI=1S/C54H37N/c1-3-13-38(14-4-1)39-25-27-40(28-26-39)44-16-11-20-48(35-44)55(47-18-5-2-6-19-47)49-21-12-17-45(36-49)50-22-9-10-23-51(50)46-34-31-42-30-33-43-32-29-41-15-7-8-24-52(41)54(43)53(42)37-46/h1-37H. The summed E-state index contributed by atoms with van der Waals surface area (Å²) in [5, 5.41) is 7.65. The first-order valence-electron chi connectivity index (χ1n) is 18.9. The minimum Gasteiger partial charge on any atom is -0.310 e. The summed E-state index contributed by atoms with van der Waals surface area (Å²) in [7, 11) is 0. The first-order valence-corrected chi connectivity index (χ1v) is 18.9. The predicted octanol–water partition coefficient (Wildman–Crippen LogP) is 15.3. The van der Waals surface area contributed by atoms with E-state index in [2.05, 4.69) is 229 Å². The second-order valence-electron chi connectivity index (χ2n) is 14.1. The van der Waals surface area contributed by atoms with Crippen LogP contribution in [0.25, 0.3) is 76.8 Å².